The van der Waals surface area contributed by atoms with E-state index in [4.69, 9.17) is 9.47 Å². The molecular formula is C13H19N3O7. The molecule has 128 valence electrons. The third kappa shape index (κ3) is 4.03. The van der Waals surface area contributed by atoms with Crippen LogP contribution in [0.2, 0.25) is 0 Å². The third-order valence-corrected chi connectivity index (χ3v) is 3.46. The lowest BCUT2D eigenvalue weighted by Gasteiger charge is -2.15. The molecular weight excluding hydrogens is 310 g/mol. The van der Waals surface area contributed by atoms with Crippen molar-refractivity contribution in [2.24, 2.45) is 0 Å². The Balaban J connectivity index is 2.02. The number of nitrogens with one attached hydrogen (secondary N) is 1. The first-order chi connectivity index (χ1) is 10.9. The van der Waals surface area contributed by atoms with Crippen LogP contribution in [-0.4, -0.2) is 55.9 Å². The summed E-state index contributed by atoms with van der Waals surface area (Å²) in [5.74, 6) is -0.431. The van der Waals surface area contributed by atoms with Crippen molar-refractivity contribution in [2.75, 3.05) is 6.61 Å². The molecule has 4 unspecified atom stereocenters. The third-order valence-electron chi connectivity index (χ3n) is 3.46. The summed E-state index contributed by atoms with van der Waals surface area (Å²) in [4.78, 5) is 36.1. The molecule has 4 atom stereocenters. The zero-order valence-corrected chi connectivity index (χ0v) is 12.5. The van der Waals surface area contributed by atoms with Crippen LogP contribution in [-0.2, 0) is 14.3 Å². The van der Waals surface area contributed by atoms with Gasteiger partial charge in [-0.25, -0.2) is 4.79 Å². The standard InChI is InChI=1S/C13H19N3O7/c1-2-3-4-9(18)22-6-7-10(19)11(20)12(23-7)16-13(21)15-8(17)5-14-16/h5,7,10-12,19-20H,2-4,6H2,1H3,(H,15,17,21). The average molecular weight is 329 g/mol. The lowest BCUT2D eigenvalue weighted by atomic mass is 10.1. The summed E-state index contributed by atoms with van der Waals surface area (Å²) >= 11 is 0. The number of aliphatic hydroxyl groups is 2. The fourth-order valence-electron chi connectivity index (χ4n) is 2.18. The van der Waals surface area contributed by atoms with Crippen LogP contribution in [0.4, 0.5) is 0 Å². The number of hydrogen-bond acceptors (Lipinski definition) is 8. The molecule has 0 aromatic carbocycles. The summed E-state index contributed by atoms with van der Waals surface area (Å²) in [5.41, 5.74) is -1.57. The van der Waals surface area contributed by atoms with Crippen molar-refractivity contribution in [1.29, 1.82) is 0 Å². The molecule has 23 heavy (non-hydrogen) atoms. The number of unbranched alkanes of at least 4 members (excludes halogenated alkanes) is 1. The lowest BCUT2D eigenvalue weighted by Crippen LogP contribution is -2.39. The highest BCUT2D eigenvalue weighted by Crippen LogP contribution is 2.27. The topological polar surface area (TPSA) is 144 Å². The van der Waals surface area contributed by atoms with Crippen LogP contribution in [0.25, 0.3) is 0 Å². The van der Waals surface area contributed by atoms with E-state index in [0.29, 0.717) is 11.1 Å². The Morgan fingerprint density at radius 3 is 2.83 bits per heavy atom. The van der Waals surface area contributed by atoms with Crippen LogP contribution < -0.4 is 11.2 Å². The molecule has 1 aliphatic rings. The molecule has 10 nitrogen and oxygen atoms in total. The summed E-state index contributed by atoms with van der Waals surface area (Å²) in [5, 5.41) is 23.5. The van der Waals surface area contributed by atoms with Gasteiger partial charge in [0.25, 0.3) is 5.56 Å². The van der Waals surface area contributed by atoms with Crippen molar-refractivity contribution in [1.82, 2.24) is 14.8 Å². The van der Waals surface area contributed by atoms with Gasteiger partial charge in [0.2, 0.25) is 0 Å². The van der Waals surface area contributed by atoms with Crippen LogP contribution in [0.3, 0.4) is 0 Å². The number of nitrogens with zero attached hydrogens (tertiary/aromatic N) is 2. The second kappa shape index (κ2) is 7.49. The zero-order valence-electron chi connectivity index (χ0n) is 12.5. The Bertz CT molecular complexity index is 655. The predicted octanol–water partition coefficient (Wildman–Crippen LogP) is -1.72. The first-order valence-electron chi connectivity index (χ1n) is 7.29. The van der Waals surface area contributed by atoms with Crippen LogP contribution in [0.1, 0.15) is 32.4 Å². The van der Waals surface area contributed by atoms with E-state index in [0.717, 1.165) is 12.6 Å². The van der Waals surface area contributed by atoms with Gasteiger partial charge in [0.1, 0.15) is 31.1 Å². The number of aromatic nitrogens is 3. The maximum atomic E-state index is 11.7. The smallest absolute Gasteiger partial charge is 0.347 e. The fourth-order valence-corrected chi connectivity index (χ4v) is 2.18. The molecule has 0 aliphatic carbocycles. The number of rotatable bonds is 6. The van der Waals surface area contributed by atoms with Gasteiger partial charge in [-0.1, -0.05) is 13.3 Å². The minimum Gasteiger partial charge on any atom is -0.463 e. The van der Waals surface area contributed by atoms with Crippen molar-refractivity contribution in [3.63, 3.8) is 0 Å². The predicted molar refractivity (Wildman–Crippen MR) is 75.5 cm³/mol. The summed E-state index contributed by atoms with van der Waals surface area (Å²) in [6.45, 7) is 1.68. The zero-order chi connectivity index (χ0) is 17.0. The molecule has 1 saturated heterocycles. The van der Waals surface area contributed by atoms with E-state index >= 15 is 0 Å². The average Bonchev–Trinajstić information content (AvgIpc) is 2.79. The maximum absolute atomic E-state index is 11.7. The van der Waals surface area contributed by atoms with Crippen LogP contribution in [0.5, 0.6) is 0 Å². The molecule has 2 heterocycles. The van der Waals surface area contributed by atoms with Gasteiger partial charge in [-0.3, -0.25) is 14.6 Å². The molecule has 1 aliphatic heterocycles. The molecule has 10 heteroatoms. The second-order valence-corrected chi connectivity index (χ2v) is 5.22. The Hall–Kier alpha value is -2.04. The largest absolute Gasteiger partial charge is 0.463 e. The number of aromatic amines is 1. The normalized spacial score (nSPS) is 27.1. The van der Waals surface area contributed by atoms with Crippen molar-refractivity contribution < 1.29 is 24.5 Å². The maximum Gasteiger partial charge on any atom is 0.347 e. The van der Waals surface area contributed by atoms with Gasteiger partial charge in [0.05, 0.1) is 0 Å². The molecule has 0 spiro atoms. The van der Waals surface area contributed by atoms with E-state index in [1.807, 2.05) is 11.9 Å². The summed E-state index contributed by atoms with van der Waals surface area (Å²) in [6.07, 6.45) is -2.46. The van der Waals surface area contributed by atoms with E-state index in [1.165, 1.54) is 0 Å². The number of carbonyl (C=O) groups excluding carboxylic acids is 1. The highest BCUT2D eigenvalue weighted by Gasteiger charge is 2.45. The Morgan fingerprint density at radius 1 is 1.43 bits per heavy atom. The van der Waals surface area contributed by atoms with Crippen LogP contribution in [0, 0.1) is 0 Å². The Labute approximate surface area is 130 Å². The molecule has 1 fully saturated rings. The second-order valence-electron chi connectivity index (χ2n) is 5.22. The molecule has 0 saturated carbocycles. The van der Waals surface area contributed by atoms with Crippen molar-refractivity contribution >= 4 is 5.97 Å². The van der Waals surface area contributed by atoms with Crippen LogP contribution >= 0.6 is 0 Å². The van der Waals surface area contributed by atoms with Crippen molar-refractivity contribution in [2.45, 2.75) is 50.7 Å². The van der Waals surface area contributed by atoms with Crippen molar-refractivity contribution in [3.8, 4) is 0 Å². The molecule has 2 rings (SSSR count). The lowest BCUT2D eigenvalue weighted by molar-refractivity contribution is -0.150. The van der Waals surface area contributed by atoms with Crippen LogP contribution in [0.15, 0.2) is 15.8 Å². The van der Waals surface area contributed by atoms with Gasteiger partial charge in [-0.05, 0) is 6.42 Å². The number of aliphatic hydroxyl groups excluding tert-OH is 2. The molecule has 1 aromatic rings. The number of esters is 1. The summed E-state index contributed by atoms with van der Waals surface area (Å²) < 4.78 is 11.0. The Morgan fingerprint density at radius 2 is 2.17 bits per heavy atom. The van der Waals surface area contributed by atoms with Gasteiger partial charge in [0, 0.05) is 6.42 Å². The molecule has 0 radical (unpaired) electrons. The van der Waals surface area contributed by atoms with Gasteiger partial charge in [-0.15, -0.1) is 0 Å². The molecule has 1 aromatic heterocycles. The Kier molecular flexibility index (Phi) is 5.64. The fraction of sp³-hybridized carbons (Fsp3) is 0.692. The molecule has 0 amide bonds. The number of carbonyl (C=O) groups is 1. The first kappa shape index (κ1) is 17.3. The molecule has 3 N–H and O–H groups in total. The molecule has 0 bridgehead atoms. The highest BCUT2D eigenvalue weighted by molar-refractivity contribution is 5.69. The number of ether oxygens (including phenoxy) is 2. The van der Waals surface area contributed by atoms with Gasteiger partial charge in [-0.2, -0.15) is 9.78 Å². The van der Waals surface area contributed by atoms with E-state index in [-0.39, 0.29) is 13.0 Å². The summed E-state index contributed by atoms with van der Waals surface area (Å²) in [7, 11) is 0. The highest BCUT2D eigenvalue weighted by atomic mass is 16.6. The van der Waals surface area contributed by atoms with E-state index in [1.54, 1.807) is 0 Å². The van der Waals surface area contributed by atoms with E-state index in [9.17, 15) is 24.6 Å². The minimum absolute atomic E-state index is 0.255. The summed E-state index contributed by atoms with van der Waals surface area (Å²) in [6, 6.07) is 0. The quantitative estimate of drug-likeness (QED) is 0.523. The van der Waals surface area contributed by atoms with E-state index < -0.39 is 41.8 Å². The number of H-pyrrole nitrogens is 1. The first-order valence-corrected chi connectivity index (χ1v) is 7.29. The van der Waals surface area contributed by atoms with E-state index in [2.05, 4.69) is 5.10 Å². The monoisotopic (exact) mass is 329 g/mol. The van der Waals surface area contributed by atoms with Gasteiger partial charge in [0.15, 0.2) is 6.23 Å². The minimum atomic E-state index is -1.45. The van der Waals surface area contributed by atoms with Gasteiger partial charge >= 0.3 is 11.7 Å². The van der Waals surface area contributed by atoms with Crippen molar-refractivity contribution in [3.05, 3.63) is 27.0 Å². The van der Waals surface area contributed by atoms with Gasteiger partial charge < -0.3 is 19.7 Å². The SMILES string of the molecule is CCCCC(=O)OCC1OC(n2ncc(=O)[nH]c2=O)C(O)C1O. The number of hydrogen-bond donors (Lipinski definition) is 3.